The van der Waals surface area contributed by atoms with Gasteiger partial charge in [0.1, 0.15) is 0 Å². The average molecular weight is 428 g/mol. The lowest BCUT2D eigenvalue weighted by molar-refractivity contribution is 0.587. The van der Waals surface area contributed by atoms with Crippen LogP contribution in [0, 0.1) is 13.8 Å². The molecule has 5 nitrogen and oxygen atoms in total. The van der Waals surface area contributed by atoms with Crippen LogP contribution in [0.1, 0.15) is 37.7 Å². The van der Waals surface area contributed by atoms with Crippen LogP contribution in [0.3, 0.4) is 0 Å². The summed E-state index contributed by atoms with van der Waals surface area (Å²) in [5, 5.41) is 0.676. The first-order valence-electron chi connectivity index (χ1n) is 9.26. The van der Waals surface area contributed by atoms with Crippen LogP contribution in [0.2, 0.25) is 0 Å². The topological polar surface area (TPSA) is 72.0 Å². The Hall–Kier alpha value is -2.38. The third kappa shape index (κ3) is 5.58. The summed E-state index contributed by atoms with van der Waals surface area (Å²) in [6.45, 7) is 10.2. The highest BCUT2D eigenvalue weighted by molar-refractivity contribution is 7.99. The molecule has 3 aromatic rings. The minimum Gasteiger partial charge on any atom is -0.280 e. The van der Waals surface area contributed by atoms with Gasteiger partial charge in [0.05, 0.1) is 4.90 Å². The van der Waals surface area contributed by atoms with Gasteiger partial charge >= 0.3 is 0 Å². The number of nitrogens with one attached hydrogen (secondary N) is 1. The molecule has 2 aromatic carbocycles. The molecule has 152 valence electrons. The van der Waals surface area contributed by atoms with Gasteiger partial charge in [-0.25, -0.2) is 18.4 Å². The first-order chi connectivity index (χ1) is 13.5. The molecule has 0 radical (unpaired) electrons. The molecule has 0 aliphatic rings. The maximum absolute atomic E-state index is 12.7. The number of benzene rings is 2. The van der Waals surface area contributed by atoms with Gasteiger partial charge in [0.15, 0.2) is 5.16 Å². The highest BCUT2D eigenvalue weighted by atomic mass is 32.2. The molecule has 0 atom stereocenters. The first-order valence-corrected chi connectivity index (χ1v) is 11.6. The maximum atomic E-state index is 12.7. The van der Waals surface area contributed by atoms with E-state index in [4.69, 9.17) is 0 Å². The maximum Gasteiger partial charge on any atom is 0.261 e. The van der Waals surface area contributed by atoms with Crippen molar-refractivity contribution in [2.24, 2.45) is 0 Å². The molecule has 7 heteroatoms. The summed E-state index contributed by atoms with van der Waals surface area (Å²) in [6.07, 6.45) is 0. The number of hydrogen-bond donors (Lipinski definition) is 1. The van der Waals surface area contributed by atoms with Crippen molar-refractivity contribution in [2.45, 2.75) is 55.0 Å². The van der Waals surface area contributed by atoms with Gasteiger partial charge in [-0.2, -0.15) is 0 Å². The van der Waals surface area contributed by atoms with Gasteiger partial charge in [-0.05, 0) is 79.1 Å². The summed E-state index contributed by atoms with van der Waals surface area (Å²) in [7, 11) is -3.64. The van der Waals surface area contributed by atoms with Gasteiger partial charge < -0.3 is 0 Å². The second kappa shape index (κ2) is 8.16. The Labute approximate surface area is 177 Å². The Morgan fingerprint density at radius 1 is 0.862 bits per heavy atom. The fraction of sp³-hybridized carbons (Fsp3) is 0.273. The summed E-state index contributed by atoms with van der Waals surface area (Å²) >= 11 is 1.44. The summed E-state index contributed by atoms with van der Waals surface area (Å²) in [5.41, 5.74) is 3.41. The fourth-order valence-corrected chi connectivity index (χ4v) is 4.70. The van der Waals surface area contributed by atoms with Gasteiger partial charge in [0.25, 0.3) is 10.0 Å². The number of sulfonamides is 1. The monoisotopic (exact) mass is 427 g/mol. The zero-order chi connectivity index (χ0) is 21.2. The van der Waals surface area contributed by atoms with Crippen molar-refractivity contribution in [1.82, 2.24) is 9.97 Å². The minimum absolute atomic E-state index is 0.0250. The molecule has 0 saturated carbocycles. The van der Waals surface area contributed by atoms with E-state index in [9.17, 15) is 8.42 Å². The Morgan fingerprint density at radius 2 is 1.41 bits per heavy atom. The molecule has 0 bridgehead atoms. The van der Waals surface area contributed by atoms with Gasteiger partial charge in [-0.1, -0.05) is 32.9 Å². The first kappa shape index (κ1) is 21.3. The number of nitrogens with zero attached hydrogens (tertiary/aromatic N) is 2. The minimum atomic E-state index is -3.64. The molecule has 0 unspecified atom stereocenters. The average Bonchev–Trinajstić information content (AvgIpc) is 2.62. The normalized spacial score (nSPS) is 12.0. The molecule has 0 aliphatic carbocycles. The Bertz CT molecular complexity index is 1080. The Balaban J connectivity index is 1.73. The van der Waals surface area contributed by atoms with Crippen LogP contribution in [-0.2, 0) is 15.4 Å². The van der Waals surface area contributed by atoms with Crippen molar-refractivity contribution in [2.75, 3.05) is 4.72 Å². The van der Waals surface area contributed by atoms with Gasteiger partial charge in [0, 0.05) is 22.0 Å². The third-order valence-corrected chi connectivity index (χ3v) is 6.58. The van der Waals surface area contributed by atoms with E-state index in [1.165, 1.54) is 11.8 Å². The van der Waals surface area contributed by atoms with Crippen molar-refractivity contribution >= 4 is 27.5 Å². The number of aromatic nitrogens is 2. The molecule has 0 amide bonds. The van der Waals surface area contributed by atoms with Gasteiger partial charge in [-0.3, -0.25) is 4.72 Å². The van der Waals surface area contributed by atoms with Crippen LogP contribution in [0.15, 0.2) is 69.5 Å². The largest absolute Gasteiger partial charge is 0.280 e. The van der Waals surface area contributed by atoms with Crippen LogP contribution < -0.4 is 4.72 Å². The van der Waals surface area contributed by atoms with E-state index in [0.717, 1.165) is 21.8 Å². The highest BCUT2D eigenvalue weighted by Crippen LogP contribution is 2.28. The van der Waals surface area contributed by atoms with Gasteiger partial charge in [0.2, 0.25) is 0 Å². The Kier molecular flexibility index (Phi) is 6.00. The van der Waals surface area contributed by atoms with E-state index in [-0.39, 0.29) is 10.3 Å². The van der Waals surface area contributed by atoms with E-state index in [0.29, 0.717) is 10.8 Å². The molecule has 0 fully saturated rings. The molecule has 1 aromatic heterocycles. The molecule has 1 N–H and O–H groups in total. The van der Waals surface area contributed by atoms with Crippen molar-refractivity contribution < 1.29 is 8.42 Å². The van der Waals surface area contributed by atoms with Crippen LogP contribution in [0.25, 0.3) is 0 Å². The predicted molar refractivity (Wildman–Crippen MR) is 118 cm³/mol. The number of anilines is 1. The predicted octanol–water partition coefficient (Wildman–Crippen LogP) is 5.34. The SMILES string of the molecule is Cc1cc(C)nc(Sc2ccc(NS(=O)(=O)c3ccc(C(C)(C)C)cc3)cc2)n1. The lowest BCUT2D eigenvalue weighted by atomic mass is 9.87. The summed E-state index contributed by atoms with van der Waals surface area (Å²) < 4.78 is 28.0. The molecule has 29 heavy (non-hydrogen) atoms. The summed E-state index contributed by atoms with van der Waals surface area (Å²) in [6, 6.07) is 16.1. The van der Waals surface area contributed by atoms with Crippen molar-refractivity contribution in [1.29, 1.82) is 0 Å². The number of aryl methyl sites for hydroxylation is 2. The molecular formula is C22H25N3O2S2. The summed E-state index contributed by atoms with van der Waals surface area (Å²) in [5.74, 6) is 0. The highest BCUT2D eigenvalue weighted by Gasteiger charge is 2.17. The van der Waals surface area contributed by atoms with Crippen LogP contribution in [0.5, 0.6) is 0 Å². The quantitative estimate of drug-likeness (QED) is 0.556. The molecule has 0 aliphatic heterocycles. The third-order valence-electron chi connectivity index (χ3n) is 4.31. The van der Waals surface area contributed by atoms with E-state index in [1.807, 2.05) is 44.2 Å². The second-order valence-corrected chi connectivity index (χ2v) is 10.7. The standard InChI is InChI=1S/C22H25N3O2S2/c1-15-14-16(2)24-21(23-15)28-19-10-8-18(9-11-19)25-29(26,27)20-12-6-17(7-13-20)22(3,4)5/h6-14,25H,1-5H3. The molecule has 0 spiro atoms. The molecular weight excluding hydrogens is 402 g/mol. The van der Waals surface area contributed by atoms with Crippen LogP contribution in [-0.4, -0.2) is 18.4 Å². The zero-order valence-electron chi connectivity index (χ0n) is 17.2. The molecule has 1 heterocycles. The number of hydrogen-bond acceptors (Lipinski definition) is 5. The van der Waals surface area contributed by atoms with Crippen LogP contribution in [0.4, 0.5) is 5.69 Å². The van der Waals surface area contributed by atoms with Crippen molar-refractivity contribution in [3.63, 3.8) is 0 Å². The van der Waals surface area contributed by atoms with Crippen molar-refractivity contribution in [3.05, 3.63) is 71.5 Å². The fourth-order valence-electron chi connectivity index (χ4n) is 2.78. The molecule has 3 rings (SSSR count). The van der Waals surface area contributed by atoms with Crippen LogP contribution >= 0.6 is 11.8 Å². The van der Waals surface area contributed by atoms with E-state index >= 15 is 0 Å². The van der Waals surface area contributed by atoms with Crippen molar-refractivity contribution in [3.8, 4) is 0 Å². The van der Waals surface area contributed by atoms with E-state index in [2.05, 4.69) is 35.5 Å². The zero-order valence-corrected chi connectivity index (χ0v) is 18.9. The number of rotatable bonds is 5. The second-order valence-electron chi connectivity index (χ2n) is 7.94. The smallest absolute Gasteiger partial charge is 0.261 e. The van der Waals surface area contributed by atoms with E-state index < -0.39 is 10.0 Å². The summed E-state index contributed by atoms with van der Waals surface area (Å²) in [4.78, 5) is 10.0. The lowest BCUT2D eigenvalue weighted by Gasteiger charge is -2.19. The Morgan fingerprint density at radius 3 is 1.93 bits per heavy atom. The van der Waals surface area contributed by atoms with E-state index in [1.54, 1.807) is 24.3 Å². The lowest BCUT2D eigenvalue weighted by Crippen LogP contribution is -2.14. The molecule has 0 saturated heterocycles. The van der Waals surface area contributed by atoms with Gasteiger partial charge in [-0.15, -0.1) is 0 Å².